The van der Waals surface area contributed by atoms with Crippen LogP contribution in [0.25, 0.3) is 0 Å². The number of rotatable bonds is 3. The smallest absolute Gasteiger partial charge is 0.221 e. The first-order chi connectivity index (χ1) is 9.47. The van der Waals surface area contributed by atoms with Gasteiger partial charge in [0.25, 0.3) is 0 Å². The minimum Gasteiger partial charge on any atom is -0.326 e. The Balaban J connectivity index is 2.43. The topological polar surface area (TPSA) is 46.2 Å². The van der Waals surface area contributed by atoms with Crippen molar-refractivity contribution >= 4 is 40.6 Å². The van der Waals surface area contributed by atoms with Gasteiger partial charge in [-0.05, 0) is 42.5 Å². The average Bonchev–Trinajstić information content (AvgIpc) is 2.38. The Bertz CT molecular complexity index is 666. The SMILES string of the molecule is CC(=O)Nc1cc(Cl)ccc1C(=O)c1ccc(Cl)cc1. The normalized spacial score (nSPS) is 10.2. The first kappa shape index (κ1) is 14.6. The standard InChI is InChI=1S/C15H11Cl2NO2/c1-9(19)18-14-8-12(17)6-7-13(14)15(20)10-2-4-11(16)5-3-10/h2-8H,1H3,(H,18,19). The molecule has 0 aromatic heterocycles. The zero-order chi connectivity index (χ0) is 14.7. The van der Waals surface area contributed by atoms with Gasteiger partial charge in [-0.25, -0.2) is 0 Å². The third-order valence-corrected chi connectivity index (χ3v) is 3.13. The van der Waals surface area contributed by atoms with Crippen molar-refractivity contribution in [2.24, 2.45) is 0 Å². The molecule has 0 heterocycles. The van der Waals surface area contributed by atoms with Crippen molar-refractivity contribution in [3.63, 3.8) is 0 Å². The lowest BCUT2D eigenvalue weighted by molar-refractivity contribution is -0.114. The highest BCUT2D eigenvalue weighted by Crippen LogP contribution is 2.24. The second kappa shape index (κ2) is 6.07. The summed E-state index contributed by atoms with van der Waals surface area (Å²) >= 11 is 11.7. The molecule has 0 aliphatic rings. The lowest BCUT2D eigenvalue weighted by atomic mass is 10.0. The second-order valence-electron chi connectivity index (χ2n) is 4.21. The molecule has 0 spiro atoms. The summed E-state index contributed by atoms with van der Waals surface area (Å²) < 4.78 is 0. The van der Waals surface area contributed by atoms with Crippen LogP contribution in [-0.4, -0.2) is 11.7 Å². The van der Waals surface area contributed by atoms with Crippen LogP contribution < -0.4 is 5.32 Å². The lowest BCUT2D eigenvalue weighted by Crippen LogP contribution is -2.11. The largest absolute Gasteiger partial charge is 0.326 e. The van der Waals surface area contributed by atoms with Gasteiger partial charge < -0.3 is 5.32 Å². The number of halogens is 2. The van der Waals surface area contributed by atoms with Crippen molar-refractivity contribution in [3.05, 3.63) is 63.6 Å². The monoisotopic (exact) mass is 307 g/mol. The van der Waals surface area contributed by atoms with Gasteiger partial charge in [-0.15, -0.1) is 0 Å². The zero-order valence-electron chi connectivity index (χ0n) is 10.6. The number of hydrogen-bond acceptors (Lipinski definition) is 2. The third kappa shape index (κ3) is 3.38. The summed E-state index contributed by atoms with van der Waals surface area (Å²) in [6.45, 7) is 1.37. The van der Waals surface area contributed by atoms with Gasteiger partial charge in [0.2, 0.25) is 5.91 Å². The molecule has 0 saturated heterocycles. The minimum absolute atomic E-state index is 0.206. The van der Waals surface area contributed by atoms with Crippen LogP contribution >= 0.6 is 23.2 Å². The fraction of sp³-hybridized carbons (Fsp3) is 0.0667. The van der Waals surface area contributed by atoms with E-state index in [4.69, 9.17) is 23.2 Å². The Labute approximate surface area is 126 Å². The van der Waals surface area contributed by atoms with Gasteiger partial charge in [-0.2, -0.15) is 0 Å². The van der Waals surface area contributed by atoms with E-state index in [0.29, 0.717) is 26.9 Å². The number of nitrogens with one attached hydrogen (secondary N) is 1. The molecule has 0 aliphatic heterocycles. The number of amides is 1. The fourth-order valence-electron chi connectivity index (χ4n) is 1.76. The predicted molar refractivity (Wildman–Crippen MR) is 80.6 cm³/mol. The van der Waals surface area contributed by atoms with E-state index in [1.54, 1.807) is 42.5 Å². The molecule has 102 valence electrons. The molecule has 0 aliphatic carbocycles. The molecule has 0 saturated carbocycles. The minimum atomic E-state index is -0.266. The molecule has 0 atom stereocenters. The summed E-state index contributed by atoms with van der Waals surface area (Å²) in [5, 5.41) is 3.61. The highest BCUT2D eigenvalue weighted by Gasteiger charge is 2.15. The van der Waals surface area contributed by atoms with E-state index in [0.717, 1.165) is 0 Å². The second-order valence-corrected chi connectivity index (χ2v) is 5.08. The molecular weight excluding hydrogens is 297 g/mol. The van der Waals surface area contributed by atoms with Gasteiger partial charge in [0, 0.05) is 28.1 Å². The van der Waals surface area contributed by atoms with Crippen LogP contribution in [0.2, 0.25) is 10.0 Å². The Morgan fingerprint density at radius 2 is 1.55 bits per heavy atom. The van der Waals surface area contributed by atoms with E-state index in [9.17, 15) is 9.59 Å². The van der Waals surface area contributed by atoms with E-state index in [1.807, 2.05) is 0 Å². The molecule has 0 radical (unpaired) electrons. The average molecular weight is 308 g/mol. The predicted octanol–water partition coefficient (Wildman–Crippen LogP) is 4.18. The summed E-state index contributed by atoms with van der Waals surface area (Å²) in [6, 6.07) is 11.3. The Kier molecular flexibility index (Phi) is 4.42. The molecule has 1 amide bonds. The van der Waals surface area contributed by atoms with Crippen LogP contribution in [0, 0.1) is 0 Å². The van der Waals surface area contributed by atoms with E-state index < -0.39 is 0 Å². The van der Waals surface area contributed by atoms with Crippen LogP contribution in [0.1, 0.15) is 22.8 Å². The summed E-state index contributed by atoms with van der Waals surface area (Å²) in [7, 11) is 0. The van der Waals surface area contributed by atoms with Crippen LogP contribution in [0.15, 0.2) is 42.5 Å². The zero-order valence-corrected chi connectivity index (χ0v) is 12.1. The molecule has 2 aromatic carbocycles. The van der Waals surface area contributed by atoms with Crippen molar-refractivity contribution in [2.75, 3.05) is 5.32 Å². The van der Waals surface area contributed by atoms with Gasteiger partial charge in [-0.3, -0.25) is 9.59 Å². The molecular formula is C15H11Cl2NO2. The number of ketones is 1. The van der Waals surface area contributed by atoms with Crippen molar-refractivity contribution in [1.82, 2.24) is 0 Å². The Hall–Kier alpha value is -1.84. The van der Waals surface area contributed by atoms with Crippen molar-refractivity contribution in [3.8, 4) is 0 Å². The number of benzene rings is 2. The maximum Gasteiger partial charge on any atom is 0.221 e. The van der Waals surface area contributed by atoms with Crippen LogP contribution in [0.4, 0.5) is 5.69 Å². The quantitative estimate of drug-likeness (QED) is 0.865. The fourth-order valence-corrected chi connectivity index (χ4v) is 2.06. The molecule has 0 unspecified atom stereocenters. The number of carbonyl (C=O) groups excluding carboxylic acids is 2. The van der Waals surface area contributed by atoms with E-state index in [1.165, 1.54) is 6.92 Å². The highest BCUT2D eigenvalue weighted by molar-refractivity contribution is 6.31. The first-order valence-corrected chi connectivity index (χ1v) is 6.60. The summed E-state index contributed by atoms with van der Waals surface area (Å²) in [5.41, 5.74) is 1.26. The maximum atomic E-state index is 12.4. The van der Waals surface area contributed by atoms with Crippen molar-refractivity contribution in [1.29, 1.82) is 0 Å². The molecule has 3 nitrogen and oxygen atoms in total. The van der Waals surface area contributed by atoms with Crippen molar-refractivity contribution < 1.29 is 9.59 Å². The van der Waals surface area contributed by atoms with Crippen LogP contribution in [-0.2, 0) is 4.79 Å². The molecule has 0 fully saturated rings. The Morgan fingerprint density at radius 1 is 0.950 bits per heavy atom. The molecule has 2 aromatic rings. The first-order valence-electron chi connectivity index (χ1n) is 5.85. The lowest BCUT2D eigenvalue weighted by Gasteiger charge is -2.10. The highest BCUT2D eigenvalue weighted by atomic mass is 35.5. The van der Waals surface area contributed by atoms with Gasteiger partial charge in [0.1, 0.15) is 0 Å². The third-order valence-electron chi connectivity index (χ3n) is 2.64. The van der Waals surface area contributed by atoms with Crippen LogP contribution in [0.5, 0.6) is 0 Å². The molecule has 20 heavy (non-hydrogen) atoms. The number of carbonyl (C=O) groups is 2. The maximum absolute atomic E-state index is 12.4. The van der Waals surface area contributed by atoms with Gasteiger partial charge in [0.05, 0.1) is 5.69 Å². The van der Waals surface area contributed by atoms with E-state index in [2.05, 4.69) is 5.32 Å². The molecule has 5 heteroatoms. The number of anilines is 1. The Morgan fingerprint density at radius 3 is 2.15 bits per heavy atom. The van der Waals surface area contributed by atoms with Crippen molar-refractivity contribution in [2.45, 2.75) is 6.92 Å². The molecule has 2 rings (SSSR count). The summed E-state index contributed by atoms with van der Waals surface area (Å²) in [6.07, 6.45) is 0. The molecule has 1 N–H and O–H groups in total. The number of hydrogen-bond donors (Lipinski definition) is 1. The van der Waals surface area contributed by atoms with E-state index >= 15 is 0 Å². The van der Waals surface area contributed by atoms with Crippen LogP contribution in [0.3, 0.4) is 0 Å². The van der Waals surface area contributed by atoms with Gasteiger partial charge in [0.15, 0.2) is 5.78 Å². The summed E-state index contributed by atoms with van der Waals surface area (Å²) in [5.74, 6) is -0.473. The molecule has 0 bridgehead atoms. The van der Waals surface area contributed by atoms with E-state index in [-0.39, 0.29) is 11.7 Å². The van der Waals surface area contributed by atoms with Gasteiger partial charge >= 0.3 is 0 Å². The summed E-state index contributed by atoms with van der Waals surface area (Å²) in [4.78, 5) is 23.6. The van der Waals surface area contributed by atoms with Gasteiger partial charge in [-0.1, -0.05) is 23.2 Å².